The van der Waals surface area contributed by atoms with Gasteiger partial charge in [-0.25, -0.2) is 4.79 Å². The van der Waals surface area contributed by atoms with E-state index in [1.807, 2.05) is 0 Å². The number of rotatable bonds is 10. The second-order valence-electron chi connectivity index (χ2n) is 23.5. The fourth-order valence-electron chi connectivity index (χ4n) is 15.1. The molecule has 20 heteroatoms. The first-order valence-electron chi connectivity index (χ1n) is 24.2. The minimum Gasteiger partial charge on any atom is -0.481 e. The third-order valence-electron chi connectivity index (χ3n) is 19.3. The van der Waals surface area contributed by atoms with Crippen LogP contribution in [0.15, 0.2) is 11.6 Å². The van der Waals surface area contributed by atoms with Crippen molar-refractivity contribution in [2.75, 3.05) is 6.61 Å². The summed E-state index contributed by atoms with van der Waals surface area (Å²) >= 11 is 0. The molecule has 3 heterocycles. The summed E-state index contributed by atoms with van der Waals surface area (Å²) in [6, 6.07) is 0. The van der Waals surface area contributed by atoms with Crippen LogP contribution in [0.2, 0.25) is 0 Å². The van der Waals surface area contributed by atoms with Gasteiger partial charge in [0, 0.05) is 0 Å². The summed E-state index contributed by atoms with van der Waals surface area (Å²) in [4.78, 5) is 39.9. The lowest BCUT2D eigenvalue weighted by Gasteiger charge is -2.71. The van der Waals surface area contributed by atoms with Crippen LogP contribution in [0.25, 0.3) is 0 Å². The highest BCUT2D eigenvalue weighted by Crippen LogP contribution is 2.76. The quantitative estimate of drug-likeness (QED) is 0.0787. The van der Waals surface area contributed by atoms with E-state index in [0.29, 0.717) is 44.9 Å². The molecule has 0 aromatic carbocycles. The molecule has 5 aliphatic carbocycles. The highest BCUT2D eigenvalue weighted by Gasteiger charge is 2.73. The number of hydrogen-bond acceptors (Lipinski definition) is 18. The topological polar surface area (TPSA) is 329 Å². The number of carbonyl (C=O) groups excluding carboxylic acids is 1. The molecule has 24 atom stereocenters. The molecule has 0 aromatic rings. The van der Waals surface area contributed by atoms with Crippen molar-refractivity contribution in [3.63, 3.8) is 0 Å². The maximum absolute atomic E-state index is 13.8. The average molecular weight is 971 g/mol. The maximum atomic E-state index is 13.8. The van der Waals surface area contributed by atoms with Crippen molar-refractivity contribution in [3.05, 3.63) is 11.6 Å². The molecule has 3 aliphatic heterocycles. The molecule has 68 heavy (non-hydrogen) atoms. The number of aliphatic carboxylic acids is 2. The van der Waals surface area contributed by atoms with Gasteiger partial charge in [-0.3, -0.25) is 4.79 Å². The van der Waals surface area contributed by atoms with Gasteiger partial charge >= 0.3 is 11.9 Å². The van der Waals surface area contributed by atoms with Crippen LogP contribution in [0.4, 0.5) is 0 Å². The summed E-state index contributed by atoms with van der Waals surface area (Å²) in [6.45, 7) is 13.1. The zero-order valence-corrected chi connectivity index (χ0v) is 39.9. The van der Waals surface area contributed by atoms with E-state index in [2.05, 4.69) is 40.7 Å². The van der Waals surface area contributed by atoms with Gasteiger partial charge in [0.25, 0.3) is 0 Å². The molecule has 7 fully saturated rings. The zero-order chi connectivity index (χ0) is 50.1. The molecule has 0 spiro atoms. The summed E-state index contributed by atoms with van der Waals surface area (Å²) in [5.41, 5.74) is -4.81. The minimum atomic E-state index is -2.15. The van der Waals surface area contributed by atoms with E-state index in [4.69, 9.17) is 28.4 Å². The molecule has 0 aromatic heterocycles. The smallest absolute Gasteiger partial charge is 0.335 e. The van der Waals surface area contributed by atoms with Crippen LogP contribution in [-0.4, -0.2) is 185 Å². The van der Waals surface area contributed by atoms with Crippen LogP contribution in [0, 0.1) is 44.3 Å². The second-order valence-corrected chi connectivity index (χ2v) is 23.5. The van der Waals surface area contributed by atoms with Gasteiger partial charge in [0.2, 0.25) is 0 Å². The fourth-order valence-corrected chi connectivity index (χ4v) is 15.1. The van der Waals surface area contributed by atoms with Crippen molar-refractivity contribution in [1.29, 1.82) is 0 Å². The van der Waals surface area contributed by atoms with Crippen LogP contribution in [0.5, 0.6) is 0 Å². The lowest BCUT2D eigenvalue weighted by Crippen LogP contribution is -2.70. The Morgan fingerprint density at radius 3 is 1.97 bits per heavy atom. The van der Waals surface area contributed by atoms with Crippen molar-refractivity contribution in [2.45, 2.75) is 216 Å². The number of carboxylic acid groups (broad SMARTS) is 2. The molecule has 386 valence electrons. The van der Waals surface area contributed by atoms with Crippen LogP contribution < -0.4 is 0 Å². The Balaban J connectivity index is 1.13. The van der Waals surface area contributed by atoms with E-state index in [9.17, 15) is 70.6 Å². The van der Waals surface area contributed by atoms with Gasteiger partial charge in [0.15, 0.2) is 25.0 Å². The lowest BCUT2D eigenvalue weighted by atomic mass is 9.33. The molecular weight excluding hydrogens is 897 g/mol. The van der Waals surface area contributed by atoms with E-state index >= 15 is 0 Å². The number of allylic oxidation sites excluding steroid dienone is 2. The number of aliphatic hydroxyl groups excluding tert-OH is 8. The molecule has 0 bridgehead atoms. The number of aliphatic hydroxyl groups is 9. The molecule has 8 aliphatic rings. The van der Waals surface area contributed by atoms with Crippen molar-refractivity contribution in [3.8, 4) is 0 Å². The standard InChI is InChI=1S/C48H74O20/c1-21-27(51)29(53)31(55)38(63-21)66-34-33(57)35(37(58)59)67-40(36(34)68-39-32(56)30(54)28(52)23(17-49)64-39)65-26-11-12-43(4)24(44(26,5)20-50)10-13-45(6)25(43)9-8-22-16-47(41(60)61)15-14-42(2,3)18-48(47,62)19-46(22,45)7/h8,20-21,23-36,38-40,49,51-57,62H,9-19H2,1-7H3,(H,58,59)(H,60,61)/t21?,23?,24?,25?,26-,27-,28-,29?,30?,31?,32?,33-,34?,35?,36?,38-,39-,40+,43?,44?,45?,46?,47-,48?/m0/s1. The Labute approximate surface area is 395 Å². The largest absolute Gasteiger partial charge is 0.481 e. The monoisotopic (exact) mass is 970 g/mol. The first-order chi connectivity index (χ1) is 31.6. The maximum Gasteiger partial charge on any atom is 0.335 e. The summed E-state index contributed by atoms with van der Waals surface area (Å²) in [7, 11) is 0. The molecular formula is C48H74O20. The molecule has 3 saturated heterocycles. The van der Waals surface area contributed by atoms with Crippen molar-refractivity contribution >= 4 is 18.2 Å². The van der Waals surface area contributed by atoms with E-state index in [0.717, 1.165) is 11.9 Å². The van der Waals surface area contributed by atoms with Crippen molar-refractivity contribution < 1.29 is 99.0 Å². The van der Waals surface area contributed by atoms with Gasteiger partial charge in [0.05, 0.1) is 29.8 Å². The summed E-state index contributed by atoms with van der Waals surface area (Å²) in [6.07, 6.45) is -20.9. The molecule has 0 amide bonds. The van der Waals surface area contributed by atoms with Crippen molar-refractivity contribution in [2.24, 2.45) is 44.3 Å². The normalized spacial score (nSPS) is 54.5. The Kier molecular flexibility index (Phi) is 13.6. The predicted octanol–water partition coefficient (Wildman–Crippen LogP) is 0.120. The predicted molar refractivity (Wildman–Crippen MR) is 232 cm³/mol. The van der Waals surface area contributed by atoms with E-state index in [-0.39, 0.29) is 36.5 Å². The van der Waals surface area contributed by atoms with E-state index in [1.165, 1.54) is 6.92 Å². The summed E-state index contributed by atoms with van der Waals surface area (Å²) < 4.78 is 36.2. The lowest BCUT2D eigenvalue weighted by molar-refractivity contribution is -0.394. The Morgan fingerprint density at radius 2 is 1.35 bits per heavy atom. The molecule has 20 nitrogen and oxygen atoms in total. The summed E-state index contributed by atoms with van der Waals surface area (Å²) in [5, 5.41) is 120. The molecule has 11 N–H and O–H groups in total. The number of carboxylic acids is 2. The number of aldehydes is 1. The first kappa shape index (κ1) is 52.1. The average Bonchev–Trinajstić information content (AvgIpc) is 3.26. The number of ether oxygens (including phenoxy) is 6. The van der Waals surface area contributed by atoms with Gasteiger partial charge in [-0.1, -0.05) is 53.2 Å². The molecule has 0 radical (unpaired) electrons. The zero-order valence-electron chi connectivity index (χ0n) is 39.9. The Hall–Kier alpha value is -2.25. The molecule has 8 rings (SSSR count). The van der Waals surface area contributed by atoms with Crippen LogP contribution in [-0.2, 0) is 42.8 Å². The minimum absolute atomic E-state index is 0.0315. The van der Waals surface area contributed by atoms with Gasteiger partial charge in [0.1, 0.15) is 72.7 Å². The number of fused-ring (bicyclic) bond motifs is 6. The Morgan fingerprint density at radius 1 is 0.721 bits per heavy atom. The molecule has 16 unspecified atom stereocenters. The second kappa shape index (κ2) is 17.8. The number of hydrogen-bond donors (Lipinski definition) is 11. The highest BCUT2D eigenvalue weighted by molar-refractivity contribution is 5.78. The first-order valence-corrected chi connectivity index (χ1v) is 24.2. The van der Waals surface area contributed by atoms with Gasteiger partial charge < -0.3 is 89.4 Å². The highest BCUT2D eigenvalue weighted by atomic mass is 16.8. The van der Waals surface area contributed by atoms with Gasteiger partial charge in [-0.15, -0.1) is 0 Å². The van der Waals surface area contributed by atoms with E-state index in [1.54, 1.807) is 6.92 Å². The summed E-state index contributed by atoms with van der Waals surface area (Å²) in [5.74, 6) is -3.03. The Bertz CT molecular complexity index is 1970. The van der Waals surface area contributed by atoms with Crippen molar-refractivity contribution in [1.82, 2.24) is 0 Å². The van der Waals surface area contributed by atoms with Crippen LogP contribution in [0.3, 0.4) is 0 Å². The third kappa shape index (κ3) is 7.77. The SMILES string of the molecule is CC1O[C@@H](OC2C(O[C@@H]3OC(CO)[C@H](O)C(O)C3O)[C@H](O[C@H]3CCC4(C)C(CCC5(C)C4CC=C4C[C@]6(C(=O)O)CCC(C)(C)CC6(O)CC45C)C3(C)C=O)OC(C(=O)O)[C@H]2O)C(O)C(O)[C@H]1O. The van der Waals surface area contributed by atoms with Gasteiger partial charge in [-0.05, 0) is 105 Å². The van der Waals surface area contributed by atoms with Crippen LogP contribution in [0.1, 0.15) is 113 Å². The van der Waals surface area contributed by atoms with Gasteiger partial charge in [-0.2, -0.15) is 0 Å². The number of carbonyl (C=O) groups is 3. The van der Waals surface area contributed by atoms with E-state index < -0.39 is 149 Å². The molecule has 4 saturated carbocycles. The van der Waals surface area contributed by atoms with Crippen LogP contribution >= 0.6 is 0 Å². The third-order valence-corrected chi connectivity index (χ3v) is 19.3. The fraction of sp³-hybridized carbons (Fsp3) is 0.896.